The van der Waals surface area contributed by atoms with E-state index in [0.29, 0.717) is 27.7 Å². The number of hydrogen-bond acceptors (Lipinski definition) is 14. The molecule has 2 aliphatic rings. The van der Waals surface area contributed by atoms with Crippen molar-refractivity contribution in [3.05, 3.63) is 138 Å². The first kappa shape index (κ1) is 38.5. The van der Waals surface area contributed by atoms with Gasteiger partial charge in [0.25, 0.3) is 0 Å². The molecule has 8 rings (SSSR count). The van der Waals surface area contributed by atoms with Gasteiger partial charge in [-0.3, -0.25) is 0 Å². The van der Waals surface area contributed by atoms with Crippen molar-refractivity contribution >= 4 is 46.7 Å². The Morgan fingerprint density at radius 1 is 0.793 bits per heavy atom. The van der Waals surface area contributed by atoms with Crippen molar-refractivity contribution in [2.75, 3.05) is 24.8 Å². The molecule has 296 valence electrons. The van der Waals surface area contributed by atoms with Gasteiger partial charge in [-0.05, 0) is 66.9 Å². The van der Waals surface area contributed by atoms with E-state index in [1.807, 2.05) is 12.1 Å². The predicted molar refractivity (Wildman–Crippen MR) is 214 cm³/mol. The maximum absolute atomic E-state index is 13.8. The van der Waals surface area contributed by atoms with Crippen molar-refractivity contribution in [3.8, 4) is 5.75 Å². The number of benzene rings is 4. The Bertz CT molecular complexity index is 2370. The van der Waals surface area contributed by atoms with Crippen LogP contribution in [0, 0.1) is 0 Å². The van der Waals surface area contributed by atoms with Gasteiger partial charge in [-0.25, -0.2) is 24.4 Å². The van der Waals surface area contributed by atoms with E-state index in [0.717, 1.165) is 24.3 Å². The quantitative estimate of drug-likeness (QED) is 0.0493. The van der Waals surface area contributed by atoms with E-state index in [2.05, 4.69) is 34.7 Å². The van der Waals surface area contributed by atoms with Crippen molar-refractivity contribution in [1.82, 2.24) is 25.0 Å². The zero-order valence-corrected chi connectivity index (χ0v) is 32.5. The molecule has 0 amide bonds. The van der Waals surface area contributed by atoms with Gasteiger partial charge >= 0.3 is 17.9 Å². The molecule has 6 atom stereocenters. The molecule has 0 spiro atoms. The third-order valence-electron chi connectivity index (χ3n) is 9.81. The second kappa shape index (κ2) is 17.4. The number of fused-ring (bicyclic) bond motifs is 1. The zero-order chi connectivity index (χ0) is 40.0. The summed E-state index contributed by atoms with van der Waals surface area (Å²) in [5.41, 5.74) is 2.70. The summed E-state index contributed by atoms with van der Waals surface area (Å²) in [6.07, 6.45) is -3.14. The van der Waals surface area contributed by atoms with E-state index >= 15 is 0 Å². The van der Waals surface area contributed by atoms with Crippen LogP contribution in [0.15, 0.2) is 120 Å². The summed E-state index contributed by atoms with van der Waals surface area (Å²) in [6, 6.07) is 33.4. The summed E-state index contributed by atoms with van der Waals surface area (Å²) in [6.45, 7) is 1.72. The van der Waals surface area contributed by atoms with E-state index in [-0.39, 0.29) is 29.7 Å². The second-order valence-electron chi connectivity index (χ2n) is 13.8. The first-order valence-electron chi connectivity index (χ1n) is 19.0. The van der Waals surface area contributed by atoms with Crippen molar-refractivity contribution in [1.29, 1.82) is 0 Å². The van der Waals surface area contributed by atoms with Crippen LogP contribution in [0.1, 0.15) is 68.5 Å². The zero-order valence-electron chi connectivity index (χ0n) is 31.7. The molecular formula is C43H40N6O8S. The Kier molecular flexibility index (Phi) is 11.6. The van der Waals surface area contributed by atoms with Crippen LogP contribution in [0.5, 0.6) is 5.75 Å². The molecule has 14 nitrogen and oxygen atoms in total. The van der Waals surface area contributed by atoms with Crippen LogP contribution in [-0.2, 0) is 18.9 Å². The third-order valence-corrected chi connectivity index (χ3v) is 10.9. The summed E-state index contributed by atoms with van der Waals surface area (Å²) in [7, 11) is 1.64. The van der Waals surface area contributed by atoms with Gasteiger partial charge in [-0.15, -0.1) is 5.10 Å². The molecule has 4 aromatic carbocycles. The lowest BCUT2D eigenvalue weighted by Gasteiger charge is -2.24. The molecule has 0 unspecified atom stereocenters. The van der Waals surface area contributed by atoms with Crippen LogP contribution in [0.4, 0.5) is 5.82 Å². The number of esters is 3. The van der Waals surface area contributed by atoms with Crippen LogP contribution >= 0.6 is 11.8 Å². The molecular weight excluding hydrogens is 761 g/mol. The largest absolute Gasteiger partial charge is 0.497 e. The van der Waals surface area contributed by atoms with E-state index in [1.54, 1.807) is 98.1 Å². The Morgan fingerprint density at radius 2 is 1.40 bits per heavy atom. The van der Waals surface area contributed by atoms with Crippen LogP contribution in [-0.4, -0.2) is 86.7 Å². The van der Waals surface area contributed by atoms with E-state index in [9.17, 15) is 14.4 Å². The number of aromatic nitrogens is 5. The van der Waals surface area contributed by atoms with Gasteiger partial charge in [0.2, 0.25) is 0 Å². The van der Waals surface area contributed by atoms with Gasteiger partial charge in [-0.1, -0.05) is 90.6 Å². The van der Waals surface area contributed by atoms with Crippen molar-refractivity contribution in [3.63, 3.8) is 0 Å². The molecule has 1 saturated carbocycles. The molecule has 1 saturated heterocycles. The Balaban J connectivity index is 1.16. The highest BCUT2D eigenvalue weighted by Gasteiger charge is 2.52. The number of hydrogen-bond donors (Lipinski definition) is 1. The number of nitrogens with zero attached hydrogens (tertiary/aromatic N) is 5. The summed E-state index contributed by atoms with van der Waals surface area (Å²) < 4.78 is 31.4. The first-order valence-corrected chi connectivity index (χ1v) is 19.9. The van der Waals surface area contributed by atoms with Crippen LogP contribution < -0.4 is 10.1 Å². The molecule has 1 N–H and O–H groups in total. The lowest BCUT2D eigenvalue weighted by atomic mass is 10.1. The summed E-state index contributed by atoms with van der Waals surface area (Å²) in [5.74, 6) is 0.287. The van der Waals surface area contributed by atoms with E-state index in [4.69, 9.17) is 33.7 Å². The van der Waals surface area contributed by atoms with Gasteiger partial charge in [0.1, 0.15) is 18.5 Å². The number of rotatable bonds is 15. The molecule has 15 heteroatoms. The molecule has 0 bridgehead atoms. The van der Waals surface area contributed by atoms with Gasteiger partial charge in [0.05, 0.1) is 23.8 Å². The molecule has 1 aliphatic heterocycles. The normalized spacial score (nSPS) is 20.9. The summed E-state index contributed by atoms with van der Waals surface area (Å²) in [5, 5.41) is 13.1. The summed E-state index contributed by atoms with van der Waals surface area (Å²) >= 11 is 1.48. The van der Waals surface area contributed by atoms with Gasteiger partial charge in [-0.2, -0.15) is 4.68 Å². The van der Waals surface area contributed by atoms with Crippen molar-refractivity contribution < 1.29 is 38.1 Å². The number of anilines is 1. The van der Waals surface area contributed by atoms with Gasteiger partial charge < -0.3 is 29.0 Å². The lowest BCUT2D eigenvalue weighted by Crippen LogP contribution is -2.41. The SMILES string of the molecule is CCCSc1nc(N[C@@H]2C[C@H]2c2ccc(OC)cc2)c2nnn([C@@H]3O[C@H](COC(=O)c4ccccc4)[C@@H](OC(=O)c4ccccc4)[C@H]3OC(=O)c3ccccc3)c2n1. The van der Waals surface area contributed by atoms with E-state index < -0.39 is 42.4 Å². The van der Waals surface area contributed by atoms with Crippen LogP contribution in [0.2, 0.25) is 0 Å². The molecule has 58 heavy (non-hydrogen) atoms. The number of nitrogens with one attached hydrogen (secondary N) is 1. The first-order chi connectivity index (χ1) is 28.4. The number of carbonyl (C=O) groups excluding carboxylic acids is 3. The molecule has 2 aromatic heterocycles. The number of thioether (sulfide) groups is 1. The third kappa shape index (κ3) is 8.50. The van der Waals surface area contributed by atoms with Crippen LogP contribution in [0.3, 0.4) is 0 Å². The lowest BCUT2D eigenvalue weighted by molar-refractivity contribution is -0.0661. The van der Waals surface area contributed by atoms with Crippen LogP contribution in [0.25, 0.3) is 11.2 Å². The second-order valence-corrected chi connectivity index (χ2v) is 14.8. The topological polar surface area (TPSA) is 166 Å². The van der Waals surface area contributed by atoms with Crippen molar-refractivity contribution in [2.24, 2.45) is 0 Å². The highest BCUT2D eigenvalue weighted by Crippen LogP contribution is 2.44. The fraction of sp³-hybridized carbons (Fsp3) is 0.279. The maximum Gasteiger partial charge on any atom is 0.338 e. The average Bonchev–Trinajstić information content (AvgIpc) is 3.79. The molecule has 3 heterocycles. The monoisotopic (exact) mass is 800 g/mol. The highest BCUT2D eigenvalue weighted by atomic mass is 32.2. The molecule has 6 aromatic rings. The predicted octanol–water partition coefficient (Wildman–Crippen LogP) is 6.91. The Labute approximate surface area is 338 Å². The molecule has 1 aliphatic carbocycles. The minimum atomic E-state index is -1.30. The summed E-state index contributed by atoms with van der Waals surface area (Å²) in [4.78, 5) is 50.3. The van der Waals surface area contributed by atoms with Crippen molar-refractivity contribution in [2.45, 2.75) is 61.4 Å². The highest BCUT2D eigenvalue weighted by molar-refractivity contribution is 7.99. The minimum Gasteiger partial charge on any atom is -0.497 e. The minimum absolute atomic E-state index is 0.0773. The Hall–Kier alpha value is -6.32. The maximum atomic E-state index is 13.8. The Morgan fingerprint density at radius 3 is 2.00 bits per heavy atom. The standard InChI is InChI=1S/C43H40N6O8S/c1-3-23-58-43-45-37(44-32-24-31(32)26-19-21-30(53-2)22-20-26)34-38(46-43)49(48-47-34)39-36(57-42(52)29-17-11-6-12-18-29)35(56-41(51)28-15-9-5-10-16-28)33(55-39)25-54-40(50)27-13-7-4-8-14-27/h4-22,31-33,35-36,39H,3,23-25H2,1-2H3,(H,44,45,46)/t31-,32+,33+,35+,36+,39+/m0/s1. The van der Waals surface area contributed by atoms with Gasteiger partial charge in [0.15, 0.2) is 40.6 Å². The molecule has 2 fully saturated rings. The number of methoxy groups -OCH3 is 1. The molecule has 0 radical (unpaired) electrons. The number of carbonyl (C=O) groups is 3. The smallest absolute Gasteiger partial charge is 0.338 e. The number of ether oxygens (including phenoxy) is 5. The van der Waals surface area contributed by atoms with Gasteiger partial charge in [0, 0.05) is 17.7 Å². The fourth-order valence-electron chi connectivity index (χ4n) is 6.74. The fourth-order valence-corrected chi connectivity index (χ4v) is 7.44. The average molecular weight is 801 g/mol. The van der Waals surface area contributed by atoms with E-state index in [1.165, 1.54) is 22.0 Å².